The van der Waals surface area contributed by atoms with Gasteiger partial charge in [0.2, 0.25) is 0 Å². The van der Waals surface area contributed by atoms with Crippen LogP contribution in [0.5, 0.6) is 0 Å². The van der Waals surface area contributed by atoms with E-state index in [1.807, 2.05) is 12.1 Å². The number of carboxylic acids is 1. The van der Waals surface area contributed by atoms with Crippen molar-refractivity contribution in [1.82, 2.24) is 0 Å². The van der Waals surface area contributed by atoms with E-state index in [0.717, 1.165) is 5.56 Å². The SMILES string of the molecule is CC(OCc1ccc(C(C)C)cc1)C(=O)O. The Morgan fingerprint density at radius 3 is 2.25 bits per heavy atom. The van der Waals surface area contributed by atoms with Crippen molar-refractivity contribution in [1.29, 1.82) is 0 Å². The van der Waals surface area contributed by atoms with Gasteiger partial charge in [-0.05, 0) is 24.0 Å². The third-order valence-electron chi connectivity index (χ3n) is 2.49. The van der Waals surface area contributed by atoms with Gasteiger partial charge in [-0.15, -0.1) is 0 Å². The van der Waals surface area contributed by atoms with Crippen LogP contribution in [0.1, 0.15) is 37.8 Å². The van der Waals surface area contributed by atoms with Crippen molar-refractivity contribution in [2.45, 2.75) is 39.4 Å². The standard InChI is InChI=1S/C13H18O3/c1-9(2)12-6-4-11(5-7-12)8-16-10(3)13(14)15/h4-7,9-10H,8H2,1-3H3,(H,14,15). The van der Waals surface area contributed by atoms with Crippen LogP contribution in [0.3, 0.4) is 0 Å². The molecule has 0 aromatic heterocycles. The number of rotatable bonds is 5. The van der Waals surface area contributed by atoms with Crippen LogP contribution in [0.15, 0.2) is 24.3 Å². The molecule has 88 valence electrons. The molecule has 0 bridgehead atoms. The molecule has 1 N–H and O–H groups in total. The smallest absolute Gasteiger partial charge is 0.332 e. The molecular weight excluding hydrogens is 204 g/mol. The summed E-state index contributed by atoms with van der Waals surface area (Å²) in [6.07, 6.45) is -0.759. The second kappa shape index (κ2) is 5.66. The first-order valence-electron chi connectivity index (χ1n) is 5.44. The van der Waals surface area contributed by atoms with Gasteiger partial charge in [-0.25, -0.2) is 4.79 Å². The van der Waals surface area contributed by atoms with Crippen molar-refractivity contribution < 1.29 is 14.6 Å². The molecule has 1 atom stereocenters. The number of ether oxygens (including phenoxy) is 1. The molecule has 3 heteroatoms. The molecule has 0 spiro atoms. The largest absolute Gasteiger partial charge is 0.479 e. The average Bonchev–Trinajstić information content (AvgIpc) is 2.26. The lowest BCUT2D eigenvalue weighted by atomic mass is 10.0. The van der Waals surface area contributed by atoms with Gasteiger partial charge >= 0.3 is 5.97 Å². The van der Waals surface area contributed by atoms with E-state index in [1.165, 1.54) is 12.5 Å². The molecule has 16 heavy (non-hydrogen) atoms. The first-order valence-corrected chi connectivity index (χ1v) is 5.44. The Morgan fingerprint density at radius 1 is 1.25 bits per heavy atom. The summed E-state index contributed by atoms with van der Waals surface area (Å²) in [5, 5.41) is 8.65. The zero-order valence-corrected chi connectivity index (χ0v) is 9.93. The Balaban J connectivity index is 2.52. The summed E-state index contributed by atoms with van der Waals surface area (Å²) in [4.78, 5) is 10.5. The summed E-state index contributed by atoms with van der Waals surface area (Å²) in [5.41, 5.74) is 2.27. The van der Waals surface area contributed by atoms with Crippen LogP contribution in [-0.4, -0.2) is 17.2 Å². The van der Waals surface area contributed by atoms with Crippen molar-refractivity contribution in [2.24, 2.45) is 0 Å². The molecule has 0 amide bonds. The zero-order chi connectivity index (χ0) is 12.1. The van der Waals surface area contributed by atoms with Crippen LogP contribution in [0.25, 0.3) is 0 Å². The molecule has 0 radical (unpaired) electrons. The molecular formula is C13H18O3. The highest BCUT2D eigenvalue weighted by Crippen LogP contribution is 2.15. The minimum atomic E-state index is -0.932. The zero-order valence-electron chi connectivity index (χ0n) is 9.93. The third kappa shape index (κ3) is 3.66. The molecule has 0 aliphatic rings. The Bertz CT molecular complexity index is 341. The Labute approximate surface area is 96.1 Å². The summed E-state index contributed by atoms with van der Waals surface area (Å²) in [7, 11) is 0. The number of benzene rings is 1. The molecule has 0 saturated heterocycles. The van der Waals surface area contributed by atoms with Gasteiger partial charge in [0.25, 0.3) is 0 Å². The van der Waals surface area contributed by atoms with Crippen LogP contribution in [0.2, 0.25) is 0 Å². The van der Waals surface area contributed by atoms with Gasteiger partial charge in [0.05, 0.1) is 6.61 Å². The molecule has 1 rings (SSSR count). The van der Waals surface area contributed by atoms with E-state index in [1.54, 1.807) is 0 Å². The fraction of sp³-hybridized carbons (Fsp3) is 0.462. The molecule has 1 aromatic carbocycles. The van der Waals surface area contributed by atoms with E-state index >= 15 is 0 Å². The van der Waals surface area contributed by atoms with Crippen molar-refractivity contribution in [2.75, 3.05) is 0 Å². The quantitative estimate of drug-likeness (QED) is 0.833. The van der Waals surface area contributed by atoms with E-state index in [-0.39, 0.29) is 0 Å². The maximum atomic E-state index is 10.5. The summed E-state index contributed by atoms with van der Waals surface area (Å²) in [5.74, 6) is -0.424. The summed E-state index contributed by atoms with van der Waals surface area (Å²) in [6, 6.07) is 8.05. The van der Waals surface area contributed by atoms with E-state index in [4.69, 9.17) is 9.84 Å². The topological polar surface area (TPSA) is 46.5 Å². The van der Waals surface area contributed by atoms with E-state index < -0.39 is 12.1 Å². The van der Waals surface area contributed by atoms with E-state index in [2.05, 4.69) is 26.0 Å². The first kappa shape index (κ1) is 12.7. The fourth-order valence-corrected chi connectivity index (χ4v) is 1.29. The molecule has 1 aromatic rings. The van der Waals surface area contributed by atoms with Crippen molar-refractivity contribution in [3.05, 3.63) is 35.4 Å². The van der Waals surface area contributed by atoms with Gasteiger partial charge in [0.1, 0.15) is 0 Å². The van der Waals surface area contributed by atoms with Gasteiger partial charge in [-0.1, -0.05) is 38.1 Å². The summed E-state index contributed by atoms with van der Waals surface area (Å²) < 4.78 is 5.19. The fourth-order valence-electron chi connectivity index (χ4n) is 1.29. The lowest BCUT2D eigenvalue weighted by Gasteiger charge is -2.10. The molecule has 0 fully saturated rings. The van der Waals surface area contributed by atoms with E-state index in [9.17, 15) is 4.79 Å². The molecule has 1 unspecified atom stereocenters. The maximum absolute atomic E-state index is 10.5. The summed E-state index contributed by atoms with van der Waals surface area (Å²) >= 11 is 0. The van der Waals surface area contributed by atoms with Gasteiger partial charge in [0.15, 0.2) is 6.10 Å². The lowest BCUT2D eigenvalue weighted by Crippen LogP contribution is -2.19. The maximum Gasteiger partial charge on any atom is 0.332 e. The van der Waals surface area contributed by atoms with Crippen LogP contribution in [0.4, 0.5) is 0 Å². The number of carboxylic acid groups (broad SMARTS) is 1. The second-order valence-corrected chi connectivity index (χ2v) is 4.19. The molecule has 0 saturated carbocycles. The van der Waals surface area contributed by atoms with Crippen molar-refractivity contribution in [3.63, 3.8) is 0 Å². The highest BCUT2D eigenvalue weighted by Gasteiger charge is 2.10. The number of hydrogen-bond donors (Lipinski definition) is 1. The number of hydrogen-bond acceptors (Lipinski definition) is 2. The minimum absolute atomic E-state index is 0.339. The second-order valence-electron chi connectivity index (χ2n) is 4.19. The van der Waals surface area contributed by atoms with Gasteiger partial charge in [0, 0.05) is 0 Å². The van der Waals surface area contributed by atoms with Crippen LogP contribution >= 0.6 is 0 Å². The van der Waals surface area contributed by atoms with Crippen molar-refractivity contribution >= 4 is 5.97 Å². The minimum Gasteiger partial charge on any atom is -0.479 e. The lowest BCUT2D eigenvalue weighted by molar-refractivity contribution is -0.149. The van der Waals surface area contributed by atoms with Crippen molar-refractivity contribution in [3.8, 4) is 0 Å². The normalized spacial score (nSPS) is 12.8. The molecule has 0 aliphatic heterocycles. The molecule has 0 heterocycles. The average molecular weight is 222 g/mol. The van der Waals surface area contributed by atoms with Gasteiger partial charge < -0.3 is 9.84 Å². The van der Waals surface area contributed by atoms with Gasteiger partial charge in [-0.2, -0.15) is 0 Å². The third-order valence-corrected chi connectivity index (χ3v) is 2.49. The highest BCUT2D eigenvalue weighted by atomic mass is 16.5. The monoisotopic (exact) mass is 222 g/mol. The van der Waals surface area contributed by atoms with Crippen LogP contribution in [0, 0.1) is 0 Å². The van der Waals surface area contributed by atoms with Gasteiger partial charge in [-0.3, -0.25) is 0 Å². The predicted molar refractivity (Wildman–Crippen MR) is 62.4 cm³/mol. The molecule has 0 aliphatic carbocycles. The Kier molecular flexibility index (Phi) is 4.50. The predicted octanol–water partition coefficient (Wildman–Crippen LogP) is 2.80. The first-order chi connectivity index (χ1) is 7.50. The number of carbonyl (C=O) groups is 1. The molecule has 3 nitrogen and oxygen atoms in total. The highest BCUT2D eigenvalue weighted by molar-refractivity contribution is 5.71. The van der Waals surface area contributed by atoms with E-state index in [0.29, 0.717) is 12.5 Å². The van der Waals surface area contributed by atoms with Crippen LogP contribution in [-0.2, 0) is 16.1 Å². The van der Waals surface area contributed by atoms with Crippen LogP contribution < -0.4 is 0 Å². The Hall–Kier alpha value is -1.35. The Morgan fingerprint density at radius 2 is 1.81 bits per heavy atom. The number of aliphatic carboxylic acids is 1. The summed E-state index contributed by atoms with van der Waals surface area (Å²) in [6.45, 7) is 6.15.